The predicted molar refractivity (Wildman–Crippen MR) is 66.4 cm³/mol. The van der Waals surface area contributed by atoms with Gasteiger partial charge in [0.15, 0.2) is 0 Å². The highest BCUT2D eigenvalue weighted by atomic mass is 32.2. The third-order valence-corrected chi connectivity index (χ3v) is 4.34. The summed E-state index contributed by atoms with van der Waals surface area (Å²) in [6.45, 7) is 1.40. The summed E-state index contributed by atoms with van der Waals surface area (Å²) in [6.07, 6.45) is 2.81. The van der Waals surface area contributed by atoms with Gasteiger partial charge in [0.1, 0.15) is 6.20 Å². The van der Waals surface area contributed by atoms with E-state index >= 15 is 0 Å². The van der Waals surface area contributed by atoms with Crippen LogP contribution in [0.15, 0.2) is 11.2 Å². The molecule has 2 heterocycles. The largest absolute Gasteiger partial charge is 0.361 e. The number of nitrogens with zero attached hydrogens (tertiary/aromatic N) is 4. The monoisotopic (exact) mass is 274 g/mol. The third-order valence-electron chi connectivity index (χ3n) is 2.21. The highest BCUT2D eigenvalue weighted by Gasteiger charge is 2.13. The molecule has 0 spiro atoms. The summed E-state index contributed by atoms with van der Waals surface area (Å²) in [7, 11) is -0.717. The first kappa shape index (κ1) is 12.1. The molecule has 1 aliphatic heterocycles. The summed E-state index contributed by atoms with van der Waals surface area (Å²) in [4.78, 5) is 19.8. The number of aromatic nitrogens is 1. The normalized spacial score (nSPS) is 17.8. The van der Waals surface area contributed by atoms with Crippen LogP contribution in [-0.4, -0.2) is 49.9 Å². The second-order valence-corrected chi connectivity index (χ2v) is 6.05. The summed E-state index contributed by atoms with van der Waals surface area (Å²) in [5, 5.41) is 10.8. The van der Waals surface area contributed by atoms with Gasteiger partial charge in [-0.15, -0.1) is 0 Å². The number of aliphatic imine (C=N–C) groups is 1. The van der Waals surface area contributed by atoms with Crippen LogP contribution in [0, 0.1) is 10.1 Å². The van der Waals surface area contributed by atoms with Gasteiger partial charge in [-0.1, -0.05) is 0 Å². The van der Waals surface area contributed by atoms with Crippen molar-refractivity contribution in [2.45, 2.75) is 0 Å². The van der Waals surface area contributed by atoms with Gasteiger partial charge in [-0.3, -0.25) is 14.3 Å². The molecular formula is C8H10N4O3S2. The van der Waals surface area contributed by atoms with Crippen molar-refractivity contribution in [1.29, 1.82) is 0 Å². The summed E-state index contributed by atoms with van der Waals surface area (Å²) >= 11 is 0.935. The van der Waals surface area contributed by atoms with Gasteiger partial charge in [-0.25, -0.2) is 9.98 Å². The SMILES string of the molecule is O=[N+]([O-])c1cnc(N=CN2CCS(=O)CC2)s1. The summed E-state index contributed by atoms with van der Waals surface area (Å²) in [5.41, 5.74) is 0. The van der Waals surface area contributed by atoms with Gasteiger partial charge >= 0.3 is 5.00 Å². The summed E-state index contributed by atoms with van der Waals surface area (Å²) in [6, 6.07) is 0. The molecule has 1 fully saturated rings. The molecule has 1 aliphatic rings. The van der Waals surface area contributed by atoms with Crippen molar-refractivity contribution in [1.82, 2.24) is 9.88 Å². The van der Waals surface area contributed by atoms with Gasteiger partial charge in [0.25, 0.3) is 0 Å². The number of hydrogen-bond donors (Lipinski definition) is 0. The van der Waals surface area contributed by atoms with Gasteiger partial charge < -0.3 is 4.90 Å². The van der Waals surface area contributed by atoms with Crippen molar-refractivity contribution in [3.63, 3.8) is 0 Å². The number of hydrogen-bond acceptors (Lipinski definition) is 6. The first-order chi connectivity index (χ1) is 8.15. The standard InChI is InChI=1S/C8H10N4O3S2/c13-12(14)7-5-9-8(16-7)10-6-11-1-3-17(15)4-2-11/h5-6H,1-4H2. The Morgan fingerprint density at radius 2 is 2.29 bits per heavy atom. The smallest absolute Gasteiger partial charge is 0.345 e. The van der Waals surface area contributed by atoms with Crippen molar-refractivity contribution < 1.29 is 9.13 Å². The molecule has 0 amide bonds. The van der Waals surface area contributed by atoms with E-state index in [1.54, 1.807) is 6.34 Å². The van der Waals surface area contributed by atoms with Crippen molar-refractivity contribution in [2.75, 3.05) is 24.6 Å². The topological polar surface area (TPSA) is 88.7 Å². The Labute approximate surface area is 104 Å². The summed E-state index contributed by atoms with van der Waals surface area (Å²) < 4.78 is 11.1. The Morgan fingerprint density at radius 1 is 1.59 bits per heavy atom. The Kier molecular flexibility index (Phi) is 3.79. The van der Waals surface area contributed by atoms with Gasteiger partial charge in [0.05, 0.1) is 11.3 Å². The molecule has 0 radical (unpaired) electrons. The number of thiazole rings is 1. The van der Waals surface area contributed by atoms with Crippen molar-refractivity contribution in [3.8, 4) is 0 Å². The van der Waals surface area contributed by atoms with Crippen LogP contribution in [0.25, 0.3) is 0 Å². The van der Waals surface area contributed by atoms with E-state index in [1.807, 2.05) is 4.90 Å². The number of nitro groups is 1. The van der Waals surface area contributed by atoms with E-state index in [1.165, 1.54) is 6.20 Å². The quantitative estimate of drug-likeness (QED) is 0.351. The van der Waals surface area contributed by atoms with Crippen molar-refractivity contribution in [2.24, 2.45) is 4.99 Å². The van der Waals surface area contributed by atoms with Crippen LogP contribution in [0.2, 0.25) is 0 Å². The van der Waals surface area contributed by atoms with Gasteiger partial charge in [-0.2, -0.15) is 0 Å². The van der Waals surface area contributed by atoms with Gasteiger partial charge in [0.2, 0.25) is 5.13 Å². The molecule has 0 aliphatic carbocycles. The Hall–Kier alpha value is -1.35. The molecule has 1 aromatic rings. The highest BCUT2D eigenvalue weighted by Crippen LogP contribution is 2.26. The minimum Gasteiger partial charge on any atom is -0.361 e. The van der Waals surface area contributed by atoms with E-state index in [0.717, 1.165) is 11.3 Å². The second-order valence-electron chi connectivity index (χ2n) is 3.37. The first-order valence-corrected chi connectivity index (χ1v) is 7.19. The van der Waals surface area contributed by atoms with Crippen molar-refractivity contribution in [3.05, 3.63) is 16.3 Å². The molecule has 0 aromatic carbocycles. The Morgan fingerprint density at radius 3 is 2.88 bits per heavy atom. The molecule has 0 bridgehead atoms. The molecular weight excluding hydrogens is 264 g/mol. The lowest BCUT2D eigenvalue weighted by Gasteiger charge is -2.23. The van der Waals surface area contributed by atoms with Crippen LogP contribution < -0.4 is 0 Å². The number of rotatable bonds is 3. The lowest BCUT2D eigenvalue weighted by atomic mass is 10.5. The maximum Gasteiger partial charge on any atom is 0.345 e. The highest BCUT2D eigenvalue weighted by molar-refractivity contribution is 7.85. The molecule has 2 rings (SSSR count). The fourth-order valence-corrected chi connectivity index (χ4v) is 2.95. The Bertz CT molecular complexity index is 463. The molecule has 0 saturated carbocycles. The fourth-order valence-electron chi connectivity index (χ4n) is 1.30. The average molecular weight is 274 g/mol. The van der Waals surface area contributed by atoms with Crippen molar-refractivity contribution >= 4 is 38.6 Å². The Balaban J connectivity index is 1.95. The lowest BCUT2D eigenvalue weighted by molar-refractivity contribution is -0.380. The van der Waals surface area contributed by atoms with Crippen LogP contribution >= 0.6 is 11.3 Å². The molecule has 17 heavy (non-hydrogen) atoms. The van der Waals surface area contributed by atoms with E-state index in [0.29, 0.717) is 29.7 Å². The van der Waals surface area contributed by atoms with Crippen LogP contribution in [-0.2, 0) is 10.8 Å². The van der Waals surface area contributed by atoms with Gasteiger partial charge in [-0.05, 0) is 11.3 Å². The average Bonchev–Trinajstić information content (AvgIpc) is 2.77. The predicted octanol–water partition coefficient (Wildman–Crippen LogP) is 0.775. The molecule has 92 valence electrons. The third kappa shape index (κ3) is 3.30. The molecule has 7 nitrogen and oxygen atoms in total. The van der Waals surface area contributed by atoms with Gasteiger partial charge in [0, 0.05) is 35.4 Å². The fraction of sp³-hybridized carbons (Fsp3) is 0.500. The maximum atomic E-state index is 11.1. The lowest BCUT2D eigenvalue weighted by Crippen LogP contribution is -2.36. The van der Waals surface area contributed by atoms with E-state index in [4.69, 9.17) is 0 Å². The van der Waals surface area contributed by atoms with Crippen LogP contribution in [0.5, 0.6) is 0 Å². The zero-order valence-corrected chi connectivity index (χ0v) is 10.4. The van der Waals surface area contributed by atoms with E-state index in [2.05, 4.69) is 9.98 Å². The molecule has 9 heteroatoms. The minimum absolute atomic E-state index is 0.0168. The molecule has 1 aromatic heterocycles. The maximum absolute atomic E-state index is 11.1. The van der Waals surface area contributed by atoms with Crippen LogP contribution in [0.4, 0.5) is 10.1 Å². The zero-order chi connectivity index (χ0) is 12.3. The zero-order valence-electron chi connectivity index (χ0n) is 8.81. The van der Waals surface area contributed by atoms with Crippen LogP contribution in [0.3, 0.4) is 0 Å². The van der Waals surface area contributed by atoms with E-state index < -0.39 is 15.7 Å². The summed E-state index contributed by atoms with van der Waals surface area (Å²) in [5.74, 6) is 1.29. The van der Waals surface area contributed by atoms with E-state index in [9.17, 15) is 14.3 Å². The molecule has 0 unspecified atom stereocenters. The molecule has 0 N–H and O–H groups in total. The second kappa shape index (κ2) is 5.32. The van der Waals surface area contributed by atoms with Crippen LogP contribution in [0.1, 0.15) is 0 Å². The molecule has 0 atom stereocenters. The minimum atomic E-state index is -0.717. The molecule has 1 saturated heterocycles. The van der Waals surface area contributed by atoms with E-state index in [-0.39, 0.29) is 5.00 Å². The first-order valence-electron chi connectivity index (χ1n) is 4.88.